The van der Waals surface area contributed by atoms with Crippen molar-refractivity contribution in [2.24, 2.45) is 0 Å². The molecule has 0 aromatic rings. The molecular weight excluding hydrogens is 138 g/mol. The Morgan fingerprint density at radius 3 is 2.45 bits per heavy atom. The van der Waals surface area contributed by atoms with Crippen LogP contribution in [0.2, 0.25) is 0 Å². The highest BCUT2D eigenvalue weighted by Gasteiger charge is 1.82. The second kappa shape index (κ2) is 16.1. The van der Waals surface area contributed by atoms with Crippen molar-refractivity contribution in [1.29, 1.82) is 5.26 Å². The molecule has 0 atom stereocenters. The predicted molar refractivity (Wildman–Crippen MR) is 47.0 cm³/mol. The minimum Gasteiger partial charge on any atom is -0.400 e. The fraction of sp³-hybridized carbons (Fsp3) is 0.667. The molecule has 0 aliphatic rings. The molecule has 0 amide bonds. The molecule has 0 aliphatic heterocycles. The van der Waals surface area contributed by atoms with Gasteiger partial charge in [-0.25, -0.2) is 0 Å². The Morgan fingerprint density at radius 1 is 1.36 bits per heavy atom. The van der Waals surface area contributed by atoms with E-state index in [4.69, 9.17) is 10.4 Å². The van der Waals surface area contributed by atoms with Gasteiger partial charge in [0.2, 0.25) is 0 Å². The summed E-state index contributed by atoms with van der Waals surface area (Å²) in [5, 5.41) is 15.2. The van der Waals surface area contributed by atoms with Crippen LogP contribution < -0.4 is 0 Å². The van der Waals surface area contributed by atoms with Crippen LogP contribution in [0.5, 0.6) is 0 Å². The zero-order chi connectivity index (χ0) is 8.95. The van der Waals surface area contributed by atoms with Crippen LogP contribution in [0, 0.1) is 11.3 Å². The second-order valence-electron chi connectivity index (χ2n) is 1.97. The van der Waals surface area contributed by atoms with Crippen LogP contribution in [0.25, 0.3) is 0 Å². The summed E-state index contributed by atoms with van der Waals surface area (Å²) in [5.74, 6) is 0. The second-order valence-corrected chi connectivity index (χ2v) is 1.97. The van der Waals surface area contributed by atoms with Gasteiger partial charge in [0.15, 0.2) is 0 Å². The Balaban J connectivity index is 0. The molecule has 64 valence electrons. The molecule has 0 fully saturated rings. The maximum atomic E-state index is 8.15. The maximum Gasteiger partial charge on any atom is 0.0621 e. The molecular formula is C9H17NO. The van der Waals surface area contributed by atoms with E-state index in [2.05, 4.69) is 12.1 Å². The lowest BCUT2D eigenvalue weighted by Gasteiger charge is -1.87. The summed E-state index contributed by atoms with van der Waals surface area (Å²) in [4.78, 5) is 0. The fourth-order valence-electron chi connectivity index (χ4n) is 0.633. The van der Waals surface area contributed by atoms with Gasteiger partial charge in [-0.1, -0.05) is 12.2 Å². The van der Waals surface area contributed by atoms with Crippen molar-refractivity contribution < 1.29 is 5.11 Å². The van der Waals surface area contributed by atoms with Crippen molar-refractivity contribution >= 4 is 0 Å². The Hall–Kier alpha value is -0.810. The summed E-state index contributed by atoms with van der Waals surface area (Å²) >= 11 is 0. The number of hydrogen-bond donors (Lipinski definition) is 1. The van der Waals surface area contributed by atoms with Crippen LogP contribution in [-0.2, 0) is 0 Å². The van der Waals surface area contributed by atoms with E-state index >= 15 is 0 Å². The smallest absolute Gasteiger partial charge is 0.0621 e. The molecule has 0 spiro atoms. The van der Waals surface area contributed by atoms with E-state index in [-0.39, 0.29) is 0 Å². The van der Waals surface area contributed by atoms with Gasteiger partial charge in [-0.2, -0.15) is 5.26 Å². The van der Waals surface area contributed by atoms with Crippen molar-refractivity contribution in [2.75, 3.05) is 7.11 Å². The summed E-state index contributed by atoms with van der Waals surface area (Å²) in [6.45, 7) is 2.02. The van der Waals surface area contributed by atoms with E-state index in [1.807, 2.05) is 13.0 Å². The molecule has 0 aliphatic carbocycles. The van der Waals surface area contributed by atoms with Crippen LogP contribution in [0.15, 0.2) is 12.2 Å². The topological polar surface area (TPSA) is 44.0 Å². The van der Waals surface area contributed by atoms with E-state index in [0.29, 0.717) is 6.42 Å². The molecule has 0 unspecified atom stereocenters. The monoisotopic (exact) mass is 155 g/mol. The molecule has 0 heterocycles. The first-order chi connectivity index (χ1) is 5.41. The van der Waals surface area contributed by atoms with Gasteiger partial charge in [-0.05, 0) is 26.2 Å². The zero-order valence-electron chi connectivity index (χ0n) is 7.38. The highest BCUT2D eigenvalue weighted by atomic mass is 16.2. The molecule has 2 heteroatoms. The van der Waals surface area contributed by atoms with Gasteiger partial charge in [-0.15, -0.1) is 0 Å². The van der Waals surface area contributed by atoms with Crippen molar-refractivity contribution in [2.45, 2.75) is 32.6 Å². The van der Waals surface area contributed by atoms with Gasteiger partial charge in [0.25, 0.3) is 0 Å². The summed E-state index contributed by atoms with van der Waals surface area (Å²) in [6, 6.07) is 2.12. The summed E-state index contributed by atoms with van der Waals surface area (Å²) in [6.07, 6.45) is 8.21. The molecule has 0 bridgehead atoms. The van der Waals surface area contributed by atoms with Gasteiger partial charge in [0, 0.05) is 13.5 Å². The lowest BCUT2D eigenvalue weighted by atomic mass is 10.2. The zero-order valence-corrected chi connectivity index (χ0v) is 7.38. The molecule has 0 rings (SSSR count). The Kier molecular flexibility index (Phi) is 18.8. The van der Waals surface area contributed by atoms with Crippen molar-refractivity contribution in [3.05, 3.63) is 12.2 Å². The minimum atomic E-state index is 0.706. The largest absolute Gasteiger partial charge is 0.400 e. The average molecular weight is 155 g/mol. The van der Waals surface area contributed by atoms with Crippen molar-refractivity contribution in [3.63, 3.8) is 0 Å². The lowest BCUT2D eigenvalue weighted by Crippen LogP contribution is -1.70. The summed E-state index contributed by atoms with van der Waals surface area (Å²) in [5.41, 5.74) is 0. The van der Waals surface area contributed by atoms with Gasteiger partial charge < -0.3 is 5.11 Å². The molecule has 0 saturated heterocycles. The number of unbranched alkanes of at least 4 members (excludes halogenated alkanes) is 3. The molecule has 11 heavy (non-hydrogen) atoms. The van der Waals surface area contributed by atoms with Crippen molar-refractivity contribution in [3.8, 4) is 6.07 Å². The van der Waals surface area contributed by atoms with Crippen LogP contribution in [0.4, 0.5) is 0 Å². The third kappa shape index (κ3) is 17.6. The third-order valence-electron chi connectivity index (χ3n) is 1.15. The van der Waals surface area contributed by atoms with Gasteiger partial charge in [0.1, 0.15) is 0 Å². The molecule has 1 N–H and O–H groups in total. The van der Waals surface area contributed by atoms with E-state index in [9.17, 15) is 0 Å². The quantitative estimate of drug-likeness (QED) is 0.500. The number of aliphatic hydroxyl groups excluding tert-OH is 1. The SMILES string of the molecule is CC=CCCCCC#N.CO. The van der Waals surface area contributed by atoms with E-state index in [1.54, 1.807) is 0 Å². The Morgan fingerprint density at radius 2 is 2.00 bits per heavy atom. The fourth-order valence-corrected chi connectivity index (χ4v) is 0.633. The number of nitriles is 1. The number of allylic oxidation sites excluding steroid dienone is 2. The van der Waals surface area contributed by atoms with Gasteiger partial charge >= 0.3 is 0 Å². The van der Waals surface area contributed by atoms with Crippen LogP contribution in [0.3, 0.4) is 0 Å². The first-order valence-corrected chi connectivity index (χ1v) is 3.84. The minimum absolute atomic E-state index is 0.706. The molecule has 0 aromatic heterocycles. The number of aliphatic hydroxyl groups is 1. The Bertz CT molecular complexity index is 113. The summed E-state index contributed by atoms with van der Waals surface area (Å²) in [7, 11) is 1.00. The first kappa shape index (κ1) is 12.8. The van der Waals surface area contributed by atoms with Crippen LogP contribution in [0.1, 0.15) is 32.6 Å². The average Bonchev–Trinajstić information content (AvgIpc) is 2.08. The predicted octanol–water partition coefficient (Wildman–Crippen LogP) is 2.25. The van der Waals surface area contributed by atoms with Crippen LogP contribution >= 0.6 is 0 Å². The summed E-state index contributed by atoms with van der Waals surface area (Å²) < 4.78 is 0. The Labute approximate surface area is 69.2 Å². The highest BCUT2D eigenvalue weighted by molar-refractivity contribution is 4.77. The number of nitrogens with zero attached hydrogens (tertiary/aromatic N) is 1. The van der Waals surface area contributed by atoms with Gasteiger partial charge in [-0.3, -0.25) is 0 Å². The lowest BCUT2D eigenvalue weighted by molar-refractivity contribution is 0.399. The molecule has 0 saturated carbocycles. The molecule has 2 nitrogen and oxygen atoms in total. The molecule has 0 aromatic carbocycles. The third-order valence-corrected chi connectivity index (χ3v) is 1.15. The van der Waals surface area contributed by atoms with E-state index in [0.717, 1.165) is 26.4 Å². The first-order valence-electron chi connectivity index (χ1n) is 3.84. The normalized spacial score (nSPS) is 8.55. The van der Waals surface area contributed by atoms with Crippen molar-refractivity contribution in [1.82, 2.24) is 0 Å². The maximum absolute atomic E-state index is 8.15. The van der Waals surface area contributed by atoms with Crippen LogP contribution in [-0.4, -0.2) is 12.2 Å². The standard InChI is InChI=1S/C8H13N.CH4O/c1-2-3-4-5-6-7-8-9;1-2/h2-3H,4-7H2,1H3;2H,1H3. The van der Waals surface area contributed by atoms with E-state index < -0.39 is 0 Å². The number of hydrogen-bond acceptors (Lipinski definition) is 2. The highest BCUT2D eigenvalue weighted by Crippen LogP contribution is 1.98. The number of rotatable bonds is 4. The van der Waals surface area contributed by atoms with Gasteiger partial charge in [0.05, 0.1) is 6.07 Å². The molecule has 0 radical (unpaired) electrons. The van der Waals surface area contributed by atoms with E-state index in [1.165, 1.54) is 0 Å².